The number of thiophene rings is 1. The van der Waals surface area contributed by atoms with Gasteiger partial charge >= 0.3 is 6.18 Å². The van der Waals surface area contributed by atoms with Crippen molar-refractivity contribution in [1.29, 1.82) is 0 Å². The van der Waals surface area contributed by atoms with Crippen LogP contribution in [0, 0.1) is 0 Å². The molecule has 2 rings (SSSR count). The molecule has 6 heteroatoms. The Bertz CT molecular complexity index is 347. The SMILES string of the molecule is FC(F)(F)CNCCN(Cc1ccsc1)C1CC1. The molecule has 1 aromatic rings. The lowest BCUT2D eigenvalue weighted by Crippen LogP contribution is -2.37. The zero-order chi connectivity index (χ0) is 13.0. The summed E-state index contributed by atoms with van der Waals surface area (Å²) in [6.07, 6.45) is -1.77. The van der Waals surface area contributed by atoms with Crippen molar-refractivity contribution in [3.63, 3.8) is 0 Å². The van der Waals surface area contributed by atoms with Crippen molar-refractivity contribution >= 4 is 11.3 Å². The zero-order valence-corrected chi connectivity index (χ0v) is 10.9. The van der Waals surface area contributed by atoms with Crippen molar-refractivity contribution in [3.8, 4) is 0 Å². The van der Waals surface area contributed by atoms with Crippen LogP contribution < -0.4 is 5.32 Å². The van der Waals surface area contributed by atoms with Gasteiger partial charge in [-0.15, -0.1) is 0 Å². The third-order valence-electron chi connectivity index (χ3n) is 2.93. The Morgan fingerprint density at radius 3 is 2.72 bits per heavy atom. The van der Waals surface area contributed by atoms with Crippen LogP contribution in [-0.2, 0) is 6.54 Å². The molecule has 0 atom stereocenters. The van der Waals surface area contributed by atoms with Gasteiger partial charge in [-0.05, 0) is 35.2 Å². The minimum atomic E-state index is -4.11. The zero-order valence-electron chi connectivity index (χ0n) is 10.0. The molecule has 0 saturated heterocycles. The summed E-state index contributed by atoms with van der Waals surface area (Å²) in [4.78, 5) is 2.27. The van der Waals surface area contributed by atoms with E-state index in [1.807, 2.05) is 5.38 Å². The van der Waals surface area contributed by atoms with Crippen LogP contribution in [0.4, 0.5) is 13.2 Å². The van der Waals surface area contributed by atoms with Crippen molar-refractivity contribution in [2.24, 2.45) is 0 Å². The van der Waals surface area contributed by atoms with E-state index < -0.39 is 12.7 Å². The van der Waals surface area contributed by atoms with Gasteiger partial charge in [0.15, 0.2) is 0 Å². The molecule has 0 radical (unpaired) electrons. The Labute approximate surface area is 109 Å². The van der Waals surface area contributed by atoms with Crippen LogP contribution in [0.15, 0.2) is 16.8 Å². The second-order valence-electron chi connectivity index (χ2n) is 4.63. The number of rotatable bonds is 7. The molecule has 1 fully saturated rings. The van der Waals surface area contributed by atoms with Crippen LogP contribution in [-0.4, -0.2) is 36.8 Å². The normalized spacial score (nSPS) is 16.4. The Morgan fingerprint density at radius 2 is 2.17 bits per heavy atom. The second-order valence-corrected chi connectivity index (χ2v) is 5.41. The second kappa shape index (κ2) is 6.04. The Morgan fingerprint density at radius 1 is 1.39 bits per heavy atom. The van der Waals surface area contributed by atoms with Gasteiger partial charge in [-0.3, -0.25) is 4.90 Å². The van der Waals surface area contributed by atoms with Crippen LogP contribution in [0.25, 0.3) is 0 Å². The number of nitrogens with one attached hydrogen (secondary N) is 1. The fraction of sp³-hybridized carbons (Fsp3) is 0.667. The molecule has 1 aliphatic rings. The van der Waals surface area contributed by atoms with Crippen LogP contribution in [0.3, 0.4) is 0 Å². The number of halogens is 3. The lowest BCUT2D eigenvalue weighted by atomic mass is 10.3. The summed E-state index contributed by atoms with van der Waals surface area (Å²) >= 11 is 1.65. The van der Waals surface area contributed by atoms with E-state index in [1.54, 1.807) is 11.3 Å². The summed E-state index contributed by atoms with van der Waals surface area (Å²) in [6.45, 7) is 1.02. The largest absolute Gasteiger partial charge is 0.401 e. The molecule has 2 nitrogen and oxygen atoms in total. The summed E-state index contributed by atoms with van der Waals surface area (Å²) in [5, 5.41) is 6.58. The molecule has 0 unspecified atom stereocenters. The van der Waals surface area contributed by atoms with Crippen molar-refractivity contribution in [3.05, 3.63) is 22.4 Å². The van der Waals surface area contributed by atoms with Crippen LogP contribution in [0.1, 0.15) is 18.4 Å². The van der Waals surface area contributed by atoms with Gasteiger partial charge in [0.25, 0.3) is 0 Å². The fourth-order valence-corrected chi connectivity index (χ4v) is 2.56. The first-order valence-electron chi connectivity index (χ1n) is 6.07. The van der Waals surface area contributed by atoms with Crippen LogP contribution in [0.5, 0.6) is 0 Å². The van der Waals surface area contributed by atoms with Gasteiger partial charge < -0.3 is 5.32 Å². The van der Waals surface area contributed by atoms with E-state index in [0.717, 1.165) is 6.54 Å². The molecule has 1 heterocycles. The number of hydrogen-bond donors (Lipinski definition) is 1. The highest BCUT2D eigenvalue weighted by molar-refractivity contribution is 7.07. The van der Waals surface area contributed by atoms with Gasteiger partial charge in [0.1, 0.15) is 0 Å². The topological polar surface area (TPSA) is 15.3 Å². The predicted octanol–water partition coefficient (Wildman–Crippen LogP) is 2.86. The predicted molar refractivity (Wildman–Crippen MR) is 66.7 cm³/mol. The number of alkyl halides is 3. The molecule has 0 aromatic carbocycles. The molecule has 0 spiro atoms. The first-order valence-corrected chi connectivity index (χ1v) is 7.01. The van der Waals surface area contributed by atoms with E-state index in [-0.39, 0.29) is 0 Å². The van der Waals surface area contributed by atoms with Crippen molar-refractivity contribution in [1.82, 2.24) is 10.2 Å². The highest BCUT2D eigenvalue weighted by atomic mass is 32.1. The van der Waals surface area contributed by atoms with E-state index in [4.69, 9.17) is 0 Å². The lowest BCUT2D eigenvalue weighted by Gasteiger charge is -2.21. The third kappa shape index (κ3) is 4.96. The monoisotopic (exact) mass is 278 g/mol. The molecule has 1 aromatic heterocycles. The summed E-state index contributed by atoms with van der Waals surface area (Å²) in [7, 11) is 0. The maximum absolute atomic E-state index is 12.0. The molecule has 0 aliphatic heterocycles. The smallest absolute Gasteiger partial charge is 0.307 e. The Balaban J connectivity index is 1.70. The number of nitrogens with zero attached hydrogens (tertiary/aromatic N) is 1. The molecule has 1 aliphatic carbocycles. The van der Waals surface area contributed by atoms with Gasteiger partial charge in [-0.1, -0.05) is 0 Å². The minimum absolute atomic E-state index is 0.389. The molecule has 1 N–H and O–H groups in total. The van der Waals surface area contributed by atoms with Gasteiger partial charge in [0.2, 0.25) is 0 Å². The average molecular weight is 278 g/mol. The first kappa shape index (κ1) is 13.8. The Hall–Kier alpha value is -0.590. The van der Waals surface area contributed by atoms with Crippen molar-refractivity contribution in [2.75, 3.05) is 19.6 Å². The average Bonchev–Trinajstić information content (AvgIpc) is 3.00. The van der Waals surface area contributed by atoms with Crippen LogP contribution >= 0.6 is 11.3 Å². The van der Waals surface area contributed by atoms with E-state index in [9.17, 15) is 13.2 Å². The standard InChI is InChI=1S/C12H17F3N2S/c13-12(14,15)9-16-4-5-17(11-1-2-11)7-10-3-6-18-8-10/h3,6,8,11,16H,1-2,4-5,7,9H2. The molecule has 18 heavy (non-hydrogen) atoms. The highest BCUT2D eigenvalue weighted by Gasteiger charge is 2.29. The highest BCUT2D eigenvalue weighted by Crippen LogP contribution is 2.28. The minimum Gasteiger partial charge on any atom is -0.307 e. The van der Waals surface area contributed by atoms with Gasteiger partial charge in [-0.2, -0.15) is 24.5 Å². The van der Waals surface area contributed by atoms with E-state index in [0.29, 0.717) is 19.1 Å². The summed E-state index contributed by atoms with van der Waals surface area (Å²) < 4.78 is 35.9. The maximum atomic E-state index is 12.0. The summed E-state index contributed by atoms with van der Waals surface area (Å²) in [6, 6.07) is 2.64. The molecule has 102 valence electrons. The van der Waals surface area contributed by atoms with Gasteiger partial charge in [-0.25, -0.2) is 0 Å². The van der Waals surface area contributed by atoms with Gasteiger partial charge in [0, 0.05) is 25.7 Å². The number of hydrogen-bond acceptors (Lipinski definition) is 3. The van der Waals surface area contributed by atoms with Crippen LogP contribution in [0.2, 0.25) is 0 Å². The molecule has 0 bridgehead atoms. The van der Waals surface area contributed by atoms with Gasteiger partial charge in [0.05, 0.1) is 6.54 Å². The molecular formula is C12H17F3N2S. The molecule has 1 saturated carbocycles. The molecular weight excluding hydrogens is 261 g/mol. The van der Waals surface area contributed by atoms with E-state index in [2.05, 4.69) is 21.7 Å². The Kier molecular flexibility index (Phi) is 4.64. The lowest BCUT2D eigenvalue weighted by molar-refractivity contribution is -0.124. The quantitative estimate of drug-likeness (QED) is 0.772. The first-order chi connectivity index (χ1) is 8.54. The maximum Gasteiger partial charge on any atom is 0.401 e. The fourth-order valence-electron chi connectivity index (χ4n) is 1.90. The van der Waals surface area contributed by atoms with E-state index >= 15 is 0 Å². The summed E-state index contributed by atoms with van der Waals surface area (Å²) in [5.74, 6) is 0. The van der Waals surface area contributed by atoms with Crippen molar-refractivity contribution < 1.29 is 13.2 Å². The summed E-state index contributed by atoms with van der Waals surface area (Å²) in [5.41, 5.74) is 1.25. The van der Waals surface area contributed by atoms with E-state index in [1.165, 1.54) is 18.4 Å². The molecule has 0 amide bonds. The van der Waals surface area contributed by atoms with Crippen molar-refractivity contribution in [2.45, 2.75) is 31.6 Å². The third-order valence-corrected chi connectivity index (χ3v) is 3.66.